The van der Waals surface area contributed by atoms with E-state index in [1.807, 2.05) is 165 Å². The van der Waals surface area contributed by atoms with E-state index in [4.69, 9.17) is 29.2 Å². The summed E-state index contributed by atoms with van der Waals surface area (Å²) in [6, 6.07) is 119. The smallest absolute Gasteiger partial charge is 0.206 e. The average molecular weight is 1890 g/mol. The number of halogens is 2. The Labute approximate surface area is 780 Å². The average Bonchev–Trinajstić information content (AvgIpc) is 0.911. The second-order valence-electron chi connectivity index (χ2n) is 30.4. The van der Waals surface area contributed by atoms with Crippen LogP contribution in [0.25, 0.3) is 66.8 Å². The lowest BCUT2D eigenvalue weighted by molar-refractivity contribution is 0.416. The van der Waals surface area contributed by atoms with Gasteiger partial charge in [-0.25, -0.2) is 50.9 Å². The number of phenolic OH excluding ortho intramolecular Hbond substituents is 4. The van der Waals surface area contributed by atoms with Crippen LogP contribution in [-0.2, 0) is 49.2 Å². The van der Waals surface area contributed by atoms with Crippen molar-refractivity contribution in [1.29, 1.82) is 0 Å². The molecule has 0 aliphatic rings. The molecular formula is C110H82F2O18S5. The highest BCUT2D eigenvalue weighted by molar-refractivity contribution is 7.92. The third-order valence-electron chi connectivity index (χ3n) is 21.4. The molecule has 0 unspecified atom stereocenters. The molecule has 0 saturated carbocycles. The van der Waals surface area contributed by atoms with Crippen LogP contribution in [-0.4, -0.2) is 69.6 Å². The number of sulfone groups is 5. The summed E-state index contributed by atoms with van der Waals surface area (Å²) in [4.78, 5) is 0.659. The van der Waals surface area contributed by atoms with Crippen molar-refractivity contribution in [2.24, 2.45) is 0 Å². The molecule has 18 nitrogen and oxygen atoms in total. The molecule has 0 atom stereocenters. The van der Waals surface area contributed by atoms with E-state index in [9.17, 15) is 61.1 Å². The first kappa shape index (κ1) is 93.6. The topological polar surface area (TPSA) is 289 Å². The first-order valence-corrected chi connectivity index (χ1v) is 49.0. The van der Waals surface area contributed by atoms with E-state index in [0.29, 0.717) is 34.5 Å². The summed E-state index contributed by atoms with van der Waals surface area (Å²) in [7, 11) is -17.2. The zero-order valence-electron chi connectivity index (χ0n) is 71.9. The molecule has 674 valence electrons. The van der Waals surface area contributed by atoms with E-state index < -0.39 is 60.8 Å². The number of methoxy groups -OCH3 is 1. The molecule has 0 aliphatic heterocycles. The second-order valence-corrected chi connectivity index (χ2v) is 40.2. The first-order valence-electron chi connectivity index (χ1n) is 41.6. The van der Waals surface area contributed by atoms with Crippen molar-refractivity contribution < 1.29 is 90.2 Å². The van der Waals surface area contributed by atoms with Crippen LogP contribution in [0.4, 0.5) is 8.78 Å². The minimum Gasteiger partial charge on any atom is -0.508 e. The van der Waals surface area contributed by atoms with E-state index in [1.54, 1.807) is 55.6 Å². The lowest BCUT2D eigenvalue weighted by Crippen LogP contribution is -2.02. The molecule has 0 aliphatic carbocycles. The number of aromatic hydroxyl groups is 4. The van der Waals surface area contributed by atoms with Gasteiger partial charge in [-0.3, -0.25) is 0 Å². The fraction of sp³-hybridized carbons (Fsp3) is 0.0182. The van der Waals surface area contributed by atoms with Gasteiger partial charge in [-0.05, 0) is 330 Å². The van der Waals surface area contributed by atoms with Crippen LogP contribution in [0.15, 0.2) is 486 Å². The van der Waals surface area contributed by atoms with Gasteiger partial charge in [0.05, 0.1) is 56.1 Å². The van der Waals surface area contributed by atoms with Crippen LogP contribution in [0.1, 0.15) is 5.56 Å². The lowest BCUT2D eigenvalue weighted by Gasteiger charge is -2.15. The largest absolute Gasteiger partial charge is 0.508 e. The number of ether oxygens (including phenoxy) is 4. The summed E-state index contributed by atoms with van der Waals surface area (Å²) in [5.41, 5.74) is 12.2. The molecule has 0 bridgehead atoms. The molecule has 25 heteroatoms. The minimum absolute atomic E-state index is 0.00894. The van der Waals surface area contributed by atoms with Gasteiger partial charge in [0, 0.05) is 22.3 Å². The lowest BCUT2D eigenvalue weighted by atomic mass is 9.95. The zero-order valence-corrected chi connectivity index (χ0v) is 76.0. The molecule has 0 heterocycles. The second kappa shape index (κ2) is 41.2. The van der Waals surface area contributed by atoms with Crippen molar-refractivity contribution in [1.82, 2.24) is 0 Å². The Morgan fingerprint density at radius 2 is 0.415 bits per heavy atom. The Morgan fingerprint density at radius 1 is 0.207 bits per heavy atom. The van der Waals surface area contributed by atoms with Gasteiger partial charge in [0.15, 0.2) is 0 Å². The van der Waals surface area contributed by atoms with Gasteiger partial charge in [0.25, 0.3) is 0 Å². The first-order chi connectivity index (χ1) is 65.0. The summed E-state index contributed by atoms with van der Waals surface area (Å²) in [6.07, 6.45) is 0. The molecule has 18 aromatic carbocycles. The molecule has 4 N–H and O–H groups in total. The Hall–Kier alpha value is -16.0. The van der Waals surface area contributed by atoms with Gasteiger partial charge in [-0.1, -0.05) is 163 Å². The van der Waals surface area contributed by atoms with Gasteiger partial charge < -0.3 is 39.4 Å². The van der Waals surface area contributed by atoms with Crippen LogP contribution in [0.3, 0.4) is 0 Å². The SMILES string of the molecule is COc1ccc(-c2ccc(Oc3ccc(S(=O)(=O)c4ccc(Oc5ccc(S(=O)(=O)c6ccc(Oc7ccc(S(=O)(=O)c8ccc(C)cc8)cc7)cc6)cc5)cc4)cc3)c(-c3ccccc3)c2)cc1-c1ccccc1.O=S(=O)(c1ccc(F)cc1)c1ccc(F)cc1.O=S(=O)(c1ccc(O)cc1)c1ccc(O)cc1.Oc1ccc(-c2ccc(O)c(-c3ccccc3)c2)cc1-c1ccccc1. The van der Waals surface area contributed by atoms with E-state index >= 15 is 0 Å². The van der Waals surface area contributed by atoms with Crippen LogP contribution in [0, 0.1) is 18.6 Å². The highest BCUT2D eigenvalue weighted by Crippen LogP contribution is 2.43. The van der Waals surface area contributed by atoms with Gasteiger partial charge in [-0.15, -0.1) is 0 Å². The maximum Gasteiger partial charge on any atom is 0.206 e. The van der Waals surface area contributed by atoms with Crippen LogP contribution in [0.5, 0.6) is 63.2 Å². The molecule has 0 fully saturated rings. The van der Waals surface area contributed by atoms with Crippen molar-refractivity contribution in [2.75, 3.05) is 7.11 Å². The van der Waals surface area contributed by atoms with E-state index in [2.05, 4.69) is 24.3 Å². The third-order valence-corrected chi connectivity index (χ3v) is 30.3. The van der Waals surface area contributed by atoms with E-state index in [0.717, 1.165) is 102 Å². The summed E-state index contributed by atoms with van der Waals surface area (Å²) in [5, 5.41) is 38.7. The van der Waals surface area contributed by atoms with Crippen molar-refractivity contribution in [2.45, 2.75) is 55.9 Å². The Bertz CT molecular complexity index is 7520. The van der Waals surface area contributed by atoms with Crippen LogP contribution < -0.4 is 18.9 Å². The number of hydrogen-bond donors (Lipinski definition) is 4. The monoisotopic (exact) mass is 1890 g/mol. The Morgan fingerprint density at radius 3 is 0.681 bits per heavy atom. The highest BCUT2D eigenvalue weighted by Gasteiger charge is 2.25. The standard InChI is InChI=1S/C62H46O10S3.C24H18O2.C12H8F2O2S.C12H10O4S/c1-43-13-27-53(28-14-43)73(63,64)54-29-17-48(18-30-54)70-49-19-31-55(32-20-49)74(65,66)56-33-21-50(22-34-56)71-51-23-35-57(36-24-51)75(67,68)58-37-25-52(26-38-58)72-62-40-16-47(42-60(62)45-11-7-4-8-12-45)46-15-39-61(69-2)59(41-46)44-9-5-3-6-10-44;25-23-13-11-19(15-21(23)17-7-3-1-4-8-17)20-12-14-24(26)22(16-20)18-9-5-2-6-10-18;2*13-9-1-5-11(6-2-9)17(15,16)12-7-3-10(14)4-8-12/h3-42H,1-2H3;1-16,25-26H;1-8H;1-8,13-14H. The molecule has 0 saturated heterocycles. The van der Waals surface area contributed by atoms with Crippen molar-refractivity contribution in [3.8, 4) is 130 Å². The summed E-state index contributed by atoms with van der Waals surface area (Å²) >= 11 is 0. The summed E-state index contributed by atoms with van der Waals surface area (Å²) < 4.78 is 178. The zero-order chi connectivity index (χ0) is 95.0. The number of hydrogen-bond acceptors (Lipinski definition) is 18. The van der Waals surface area contributed by atoms with Crippen LogP contribution >= 0.6 is 0 Å². The van der Waals surface area contributed by atoms with E-state index in [1.165, 1.54) is 182 Å². The third kappa shape index (κ3) is 22.4. The molecule has 0 radical (unpaired) electrons. The Balaban J connectivity index is 0.000000184. The van der Waals surface area contributed by atoms with Gasteiger partial charge >= 0.3 is 0 Å². The Kier molecular flexibility index (Phi) is 28.6. The van der Waals surface area contributed by atoms with Crippen molar-refractivity contribution >= 4 is 49.2 Å². The quantitative estimate of drug-likeness (QED) is 0.0433. The highest BCUT2D eigenvalue weighted by atomic mass is 32.2. The number of benzene rings is 18. The summed E-state index contributed by atoms with van der Waals surface area (Å²) in [5.74, 6) is 2.73. The molecule has 0 spiro atoms. The number of phenols is 4. The normalized spacial score (nSPS) is 11.4. The molecule has 135 heavy (non-hydrogen) atoms. The molecule has 0 aromatic heterocycles. The number of aryl methyl sites for hydroxylation is 1. The fourth-order valence-corrected chi connectivity index (χ4v) is 20.5. The minimum atomic E-state index is -3.93. The van der Waals surface area contributed by atoms with E-state index in [-0.39, 0.29) is 72.0 Å². The van der Waals surface area contributed by atoms with Crippen molar-refractivity contribution in [3.63, 3.8) is 0 Å². The predicted molar refractivity (Wildman–Crippen MR) is 515 cm³/mol. The molecule has 18 aromatic rings. The molecular weight excluding hydrogens is 1810 g/mol. The van der Waals surface area contributed by atoms with Gasteiger partial charge in [0.2, 0.25) is 49.2 Å². The van der Waals surface area contributed by atoms with Crippen molar-refractivity contribution in [3.05, 3.63) is 454 Å². The molecule has 0 amide bonds. The maximum atomic E-state index is 13.8. The van der Waals surface area contributed by atoms with Crippen LogP contribution in [0.2, 0.25) is 0 Å². The van der Waals surface area contributed by atoms with Gasteiger partial charge in [-0.2, -0.15) is 0 Å². The molecule has 18 rings (SSSR count). The fourth-order valence-electron chi connectivity index (χ4n) is 14.2. The van der Waals surface area contributed by atoms with Gasteiger partial charge in [0.1, 0.15) is 74.9 Å². The number of rotatable bonds is 23. The predicted octanol–water partition coefficient (Wildman–Crippen LogP) is 25.7. The summed E-state index contributed by atoms with van der Waals surface area (Å²) in [6.45, 7) is 1.88. The maximum absolute atomic E-state index is 13.8.